The summed E-state index contributed by atoms with van der Waals surface area (Å²) < 4.78 is 62.3. The molecule has 0 radical (unpaired) electrons. The molecule has 0 saturated carbocycles. The van der Waals surface area contributed by atoms with Crippen molar-refractivity contribution in [3.63, 3.8) is 0 Å². The number of benzene rings is 1. The molecule has 0 fully saturated rings. The highest BCUT2D eigenvalue weighted by molar-refractivity contribution is 7.92. The molecule has 11 heteroatoms. The lowest BCUT2D eigenvalue weighted by Gasteiger charge is -2.25. The number of ether oxygens (including phenoxy) is 2. The van der Waals surface area contributed by atoms with Crippen molar-refractivity contribution in [1.82, 2.24) is 9.03 Å². The van der Waals surface area contributed by atoms with E-state index in [2.05, 4.69) is 4.72 Å². The van der Waals surface area contributed by atoms with Gasteiger partial charge in [-0.05, 0) is 12.1 Å². The third-order valence-electron chi connectivity index (χ3n) is 3.14. The number of hydrogen-bond donors (Lipinski definition) is 1. The van der Waals surface area contributed by atoms with Gasteiger partial charge < -0.3 is 9.47 Å². The molecule has 24 heavy (non-hydrogen) atoms. The van der Waals surface area contributed by atoms with E-state index < -0.39 is 20.2 Å². The van der Waals surface area contributed by atoms with E-state index in [0.29, 0.717) is 17.2 Å². The SMILES string of the molecule is COc1ccc(N(CCNS(=O)(=O)N(C)C)S(C)(=O)=O)c(OC)c1. The summed E-state index contributed by atoms with van der Waals surface area (Å²) in [5.41, 5.74) is 0.296. The number of sulfonamides is 1. The average molecular weight is 381 g/mol. The van der Waals surface area contributed by atoms with Crippen LogP contribution in [0.25, 0.3) is 0 Å². The molecule has 0 heterocycles. The zero-order valence-corrected chi connectivity index (χ0v) is 15.9. The fourth-order valence-electron chi connectivity index (χ4n) is 1.86. The van der Waals surface area contributed by atoms with Gasteiger partial charge in [-0.25, -0.2) is 13.1 Å². The van der Waals surface area contributed by atoms with Gasteiger partial charge in [0.15, 0.2) is 0 Å². The van der Waals surface area contributed by atoms with Crippen molar-refractivity contribution in [2.75, 3.05) is 52.0 Å². The quantitative estimate of drug-likeness (QED) is 0.639. The second-order valence-corrected chi connectivity index (χ2v) is 8.93. The second-order valence-electron chi connectivity index (χ2n) is 5.05. The Balaban J connectivity index is 3.08. The first kappa shape index (κ1) is 20.5. The minimum atomic E-state index is -3.64. The number of rotatable bonds is 9. The zero-order chi connectivity index (χ0) is 18.5. The molecule has 0 saturated heterocycles. The Morgan fingerprint density at radius 2 is 1.71 bits per heavy atom. The van der Waals surface area contributed by atoms with Gasteiger partial charge in [0.2, 0.25) is 10.0 Å². The van der Waals surface area contributed by atoms with Crippen LogP contribution >= 0.6 is 0 Å². The van der Waals surface area contributed by atoms with E-state index in [1.165, 1.54) is 28.3 Å². The average Bonchev–Trinajstić information content (AvgIpc) is 2.49. The smallest absolute Gasteiger partial charge is 0.278 e. The van der Waals surface area contributed by atoms with E-state index >= 15 is 0 Å². The van der Waals surface area contributed by atoms with Crippen molar-refractivity contribution in [3.05, 3.63) is 18.2 Å². The first-order valence-electron chi connectivity index (χ1n) is 6.89. The van der Waals surface area contributed by atoms with Crippen molar-refractivity contribution in [2.45, 2.75) is 0 Å². The summed E-state index contributed by atoms with van der Waals surface area (Å²) in [5.74, 6) is 0.813. The molecule has 0 aliphatic rings. The monoisotopic (exact) mass is 381 g/mol. The Kier molecular flexibility index (Phi) is 6.84. The fourth-order valence-corrected chi connectivity index (χ4v) is 3.40. The van der Waals surface area contributed by atoms with Crippen molar-refractivity contribution in [1.29, 1.82) is 0 Å². The number of hydrogen-bond acceptors (Lipinski definition) is 6. The Hall–Kier alpha value is -1.56. The van der Waals surface area contributed by atoms with Crippen LogP contribution in [0.2, 0.25) is 0 Å². The van der Waals surface area contributed by atoms with Gasteiger partial charge in [0.25, 0.3) is 10.2 Å². The van der Waals surface area contributed by atoms with Crippen molar-refractivity contribution >= 4 is 25.9 Å². The van der Waals surface area contributed by atoms with Crippen LogP contribution in [0.5, 0.6) is 11.5 Å². The van der Waals surface area contributed by atoms with Crippen molar-refractivity contribution in [3.8, 4) is 11.5 Å². The molecule has 0 spiro atoms. The minimum Gasteiger partial charge on any atom is -0.497 e. The summed E-state index contributed by atoms with van der Waals surface area (Å²) in [4.78, 5) is 0. The topological polar surface area (TPSA) is 105 Å². The second kappa shape index (κ2) is 8.01. The lowest BCUT2D eigenvalue weighted by Crippen LogP contribution is -2.42. The van der Waals surface area contributed by atoms with Crippen LogP contribution in [0.1, 0.15) is 0 Å². The molecule has 0 unspecified atom stereocenters. The Bertz CT molecular complexity index is 762. The molecule has 1 rings (SSSR count). The third kappa shape index (κ3) is 5.23. The van der Waals surface area contributed by atoms with Crippen molar-refractivity contribution in [2.24, 2.45) is 0 Å². The normalized spacial score (nSPS) is 12.2. The maximum atomic E-state index is 12.1. The predicted octanol–water partition coefficient (Wildman–Crippen LogP) is -0.134. The molecule has 0 amide bonds. The van der Waals surface area contributed by atoms with Crippen LogP contribution in [0.3, 0.4) is 0 Å². The molecule has 0 aliphatic heterocycles. The van der Waals surface area contributed by atoms with E-state index in [1.54, 1.807) is 18.2 Å². The predicted molar refractivity (Wildman–Crippen MR) is 92.3 cm³/mol. The number of nitrogens with zero attached hydrogens (tertiary/aromatic N) is 2. The Morgan fingerprint density at radius 3 is 2.17 bits per heavy atom. The van der Waals surface area contributed by atoms with Gasteiger partial charge in [0.05, 0.1) is 26.2 Å². The van der Waals surface area contributed by atoms with Gasteiger partial charge in [-0.15, -0.1) is 0 Å². The highest BCUT2D eigenvalue weighted by atomic mass is 32.2. The van der Waals surface area contributed by atoms with E-state index in [0.717, 1.165) is 14.9 Å². The van der Waals surface area contributed by atoms with Crippen LogP contribution in [-0.2, 0) is 20.2 Å². The van der Waals surface area contributed by atoms with Crippen LogP contribution < -0.4 is 18.5 Å². The molecule has 9 nitrogen and oxygen atoms in total. The van der Waals surface area contributed by atoms with E-state index in [4.69, 9.17) is 9.47 Å². The highest BCUT2D eigenvalue weighted by Gasteiger charge is 2.22. The Morgan fingerprint density at radius 1 is 1.08 bits per heavy atom. The molecular formula is C13H23N3O6S2. The molecule has 0 bridgehead atoms. The third-order valence-corrected chi connectivity index (χ3v) is 5.85. The molecule has 1 aromatic carbocycles. The minimum absolute atomic E-state index is 0.0887. The van der Waals surface area contributed by atoms with E-state index in [9.17, 15) is 16.8 Å². The maximum absolute atomic E-state index is 12.1. The lowest BCUT2D eigenvalue weighted by atomic mass is 10.2. The van der Waals surface area contributed by atoms with Crippen LogP contribution in [-0.4, -0.2) is 68.8 Å². The fraction of sp³-hybridized carbons (Fsp3) is 0.538. The molecule has 0 aromatic heterocycles. The largest absolute Gasteiger partial charge is 0.497 e. The maximum Gasteiger partial charge on any atom is 0.278 e. The molecule has 0 atom stereocenters. The Labute approximate surface area is 143 Å². The van der Waals surface area contributed by atoms with Crippen LogP contribution in [0.15, 0.2) is 18.2 Å². The molecule has 138 valence electrons. The number of methoxy groups -OCH3 is 2. The van der Waals surface area contributed by atoms with Gasteiger partial charge in [-0.1, -0.05) is 0 Å². The summed E-state index contributed by atoms with van der Waals surface area (Å²) in [6.45, 7) is -0.183. The van der Waals surface area contributed by atoms with Gasteiger partial charge in [0, 0.05) is 33.3 Å². The van der Waals surface area contributed by atoms with Crippen LogP contribution in [0, 0.1) is 0 Å². The van der Waals surface area contributed by atoms with Gasteiger partial charge in [0.1, 0.15) is 11.5 Å². The lowest BCUT2D eigenvalue weighted by molar-refractivity contribution is 0.395. The summed E-state index contributed by atoms with van der Waals surface area (Å²) in [7, 11) is -1.63. The van der Waals surface area contributed by atoms with Gasteiger partial charge in [-0.3, -0.25) is 4.31 Å². The number of nitrogens with one attached hydrogen (secondary N) is 1. The standard InChI is InChI=1S/C13H23N3O6S2/c1-15(2)24(19,20)14-8-9-16(23(5,17)18)12-7-6-11(21-3)10-13(12)22-4/h6-7,10,14H,8-9H2,1-5H3. The van der Waals surface area contributed by atoms with E-state index in [-0.39, 0.29) is 13.1 Å². The molecule has 1 aromatic rings. The summed E-state index contributed by atoms with van der Waals surface area (Å²) in [6.07, 6.45) is 1.04. The van der Waals surface area contributed by atoms with Crippen LogP contribution in [0.4, 0.5) is 5.69 Å². The highest BCUT2D eigenvalue weighted by Crippen LogP contribution is 2.33. The van der Waals surface area contributed by atoms with Crippen molar-refractivity contribution < 1.29 is 26.3 Å². The van der Waals surface area contributed by atoms with E-state index in [1.807, 2.05) is 0 Å². The van der Waals surface area contributed by atoms with Gasteiger partial charge in [-0.2, -0.15) is 12.7 Å². The molecule has 0 aliphatic carbocycles. The molecular weight excluding hydrogens is 358 g/mol. The first-order valence-corrected chi connectivity index (χ1v) is 10.2. The first-order chi connectivity index (χ1) is 11.0. The summed E-state index contributed by atoms with van der Waals surface area (Å²) in [6, 6.07) is 4.69. The van der Waals surface area contributed by atoms with Gasteiger partial charge >= 0.3 is 0 Å². The molecule has 1 N–H and O–H groups in total. The number of anilines is 1. The zero-order valence-electron chi connectivity index (χ0n) is 14.3. The summed E-state index contributed by atoms with van der Waals surface area (Å²) in [5, 5.41) is 0. The summed E-state index contributed by atoms with van der Waals surface area (Å²) >= 11 is 0.